The standard InChI is InChI=1S/C21H28N2O4S/c1-5-17-9-7-8-10-20(17)23(28(4,25)26)15-21(24)22-16(3)18-11-13-19(14-12-18)27-6-2/h7-14,16H,5-6,15H2,1-4H3,(H,22,24). The van der Waals surface area contributed by atoms with E-state index in [1.165, 1.54) is 0 Å². The van der Waals surface area contributed by atoms with Gasteiger partial charge < -0.3 is 10.1 Å². The number of carbonyl (C=O) groups excluding carboxylic acids is 1. The van der Waals surface area contributed by atoms with Gasteiger partial charge in [0.25, 0.3) is 0 Å². The maximum atomic E-state index is 12.6. The summed E-state index contributed by atoms with van der Waals surface area (Å²) < 4.78 is 31.2. The number of aryl methyl sites for hydroxylation is 1. The number of rotatable bonds is 9. The molecular formula is C21H28N2O4S. The van der Waals surface area contributed by atoms with Crippen LogP contribution >= 0.6 is 0 Å². The molecule has 2 rings (SSSR count). The lowest BCUT2D eigenvalue weighted by Crippen LogP contribution is -2.41. The van der Waals surface area contributed by atoms with Crippen molar-refractivity contribution in [2.75, 3.05) is 23.7 Å². The third-order valence-electron chi connectivity index (χ3n) is 4.40. The number of sulfonamides is 1. The minimum Gasteiger partial charge on any atom is -0.494 e. The summed E-state index contributed by atoms with van der Waals surface area (Å²) >= 11 is 0. The summed E-state index contributed by atoms with van der Waals surface area (Å²) in [6.45, 7) is 6.05. The fraction of sp³-hybridized carbons (Fsp3) is 0.381. The van der Waals surface area contributed by atoms with Crippen molar-refractivity contribution in [3.63, 3.8) is 0 Å². The highest BCUT2D eigenvalue weighted by Crippen LogP contribution is 2.23. The number of nitrogens with zero attached hydrogens (tertiary/aromatic N) is 1. The summed E-state index contributed by atoms with van der Waals surface area (Å²) in [7, 11) is -3.60. The van der Waals surface area contributed by atoms with E-state index in [4.69, 9.17) is 4.74 Å². The van der Waals surface area contributed by atoms with Crippen LogP contribution < -0.4 is 14.4 Å². The van der Waals surface area contributed by atoms with Crippen LogP contribution in [0.25, 0.3) is 0 Å². The minimum absolute atomic E-state index is 0.258. The zero-order chi connectivity index (χ0) is 20.7. The Hall–Kier alpha value is -2.54. The number of ether oxygens (including phenoxy) is 1. The quantitative estimate of drug-likeness (QED) is 0.696. The number of hydrogen-bond acceptors (Lipinski definition) is 4. The van der Waals surface area contributed by atoms with Gasteiger partial charge in [0.2, 0.25) is 15.9 Å². The molecule has 6 nitrogen and oxygen atoms in total. The number of carbonyl (C=O) groups is 1. The Morgan fingerprint density at radius 2 is 1.75 bits per heavy atom. The first-order chi connectivity index (χ1) is 13.3. The lowest BCUT2D eigenvalue weighted by atomic mass is 10.1. The van der Waals surface area contributed by atoms with Gasteiger partial charge in [0.1, 0.15) is 12.3 Å². The van der Waals surface area contributed by atoms with E-state index in [2.05, 4.69) is 5.32 Å². The largest absolute Gasteiger partial charge is 0.494 e. The fourth-order valence-corrected chi connectivity index (χ4v) is 3.84. The fourth-order valence-electron chi connectivity index (χ4n) is 2.95. The lowest BCUT2D eigenvalue weighted by molar-refractivity contribution is -0.120. The maximum absolute atomic E-state index is 12.6. The highest BCUT2D eigenvalue weighted by atomic mass is 32.2. The number of para-hydroxylation sites is 1. The molecule has 0 aliphatic rings. The highest BCUT2D eigenvalue weighted by molar-refractivity contribution is 7.92. The molecule has 28 heavy (non-hydrogen) atoms. The normalized spacial score (nSPS) is 12.3. The van der Waals surface area contributed by atoms with E-state index < -0.39 is 10.0 Å². The summed E-state index contributed by atoms with van der Waals surface area (Å²) in [6.07, 6.45) is 1.79. The number of amides is 1. The molecule has 0 fully saturated rings. The minimum atomic E-state index is -3.60. The van der Waals surface area contributed by atoms with Gasteiger partial charge in [-0.15, -0.1) is 0 Å². The van der Waals surface area contributed by atoms with Crippen molar-refractivity contribution in [3.05, 3.63) is 59.7 Å². The van der Waals surface area contributed by atoms with E-state index in [-0.39, 0.29) is 18.5 Å². The van der Waals surface area contributed by atoms with Gasteiger partial charge >= 0.3 is 0 Å². The van der Waals surface area contributed by atoms with Crippen LogP contribution in [0.4, 0.5) is 5.69 Å². The summed E-state index contributed by atoms with van der Waals surface area (Å²) in [5.74, 6) is 0.405. The predicted molar refractivity (Wildman–Crippen MR) is 112 cm³/mol. The van der Waals surface area contributed by atoms with Gasteiger partial charge in [0.05, 0.1) is 24.6 Å². The van der Waals surface area contributed by atoms with Crippen LogP contribution in [0.2, 0.25) is 0 Å². The molecule has 0 bridgehead atoms. The molecule has 2 aromatic rings. The summed E-state index contributed by atoms with van der Waals surface area (Å²) in [4.78, 5) is 12.6. The molecule has 2 aromatic carbocycles. The van der Waals surface area contributed by atoms with Crippen molar-refractivity contribution in [1.82, 2.24) is 5.32 Å². The Balaban J connectivity index is 2.13. The maximum Gasteiger partial charge on any atom is 0.241 e. The van der Waals surface area contributed by atoms with Gasteiger partial charge in [-0.05, 0) is 49.6 Å². The van der Waals surface area contributed by atoms with Crippen LogP contribution in [0, 0.1) is 0 Å². The van der Waals surface area contributed by atoms with E-state index >= 15 is 0 Å². The second-order valence-corrected chi connectivity index (χ2v) is 8.45. The molecule has 0 saturated heterocycles. The molecule has 0 spiro atoms. The van der Waals surface area contributed by atoms with Gasteiger partial charge in [-0.2, -0.15) is 0 Å². The van der Waals surface area contributed by atoms with Gasteiger partial charge in [-0.25, -0.2) is 8.42 Å². The van der Waals surface area contributed by atoms with Crippen molar-refractivity contribution in [1.29, 1.82) is 0 Å². The van der Waals surface area contributed by atoms with E-state index in [9.17, 15) is 13.2 Å². The molecule has 7 heteroatoms. The van der Waals surface area contributed by atoms with Gasteiger partial charge in [0, 0.05) is 0 Å². The van der Waals surface area contributed by atoms with E-state index in [1.807, 2.05) is 57.2 Å². The number of nitrogens with one attached hydrogen (secondary N) is 1. The van der Waals surface area contributed by atoms with E-state index in [0.717, 1.165) is 27.4 Å². The number of benzene rings is 2. The molecule has 0 radical (unpaired) electrons. The van der Waals surface area contributed by atoms with Gasteiger partial charge in [0.15, 0.2) is 0 Å². The molecule has 0 heterocycles. The first kappa shape index (κ1) is 21.8. The Labute approximate surface area is 167 Å². The Morgan fingerprint density at radius 1 is 1.11 bits per heavy atom. The third-order valence-corrected chi connectivity index (χ3v) is 5.52. The molecule has 1 atom stereocenters. The predicted octanol–water partition coefficient (Wildman–Crippen LogP) is 3.29. The molecule has 0 saturated carbocycles. The summed E-state index contributed by atoms with van der Waals surface area (Å²) in [6, 6.07) is 14.4. The Bertz CT molecular complexity index is 895. The average Bonchev–Trinajstić information content (AvgIpc) is 2.66. The molecule has 1 N–H and O–H groups in total. The zero-order valence-corrected chi connectivity index (χ0v) is 17.6. The number of hydrogen-bond donors (Lipinski definition) is 1. The van der Waals surface area contributed by atoms with Crippen LogP contribution in [-0.2, 0) is 21.2 Å². The van der Waals surface area contributed by atoms with Crippen LogP contribution in [0.3, 0.4) is 0 Å². The Kier molecular flexibility index (Phi) is 7.45. The number of anilines is 1. The van der Waals surface area contributed by atoms with Crippen molar-refractivity contribution < 1.29 is 17.9 Å². The topological polar surface area (TPSA) is 75.7 Å². The molecular weight excluding hydrogens is 376 g/mol. The van der Waals surface area contributed by atoms with Gasteiger partial charge in [-0.1, -0.05) is 37.3 Å². The molecule has 1 unspecified atom stereocenters. The molecule has 0 aliphatic carbocycles. The Morgan fingerprint density at radius 3 is 2.32 bits per heavy atom. The van der Waals surface area contributed by atoms with E-state index in [0.29, 0.717) is 18.7 Å². The van der Waals surface area contributed by atoms with Gasteiger partial charge in [-0.3, -0.25) is 9.10 Å². The zero-order valence-electron chi connectivity index (χ0n) is 16.8. The van der Waals surface area contributed by atoms with Crippen LogP contribution in [0.1, 0.15) is 37.9 Å². The van der Waals surface area contributed by atoms with Crippen molar-refractivity contribution in [3.8, 4) is 5.75 Å². The molecule has 1 amide bonds. The lowest BCUT2D eigenvalue weighted by Gasteiger charge is -2.25. The molecule has 0 aromatic heterocycles. The second-order valence-electron chi connectivity index (χ2n) is 6.54. The van der Waals surface area contributed by atoms with Crippen LogP contribution in [0.15, 0.2) is 48.5 Å². The molecule has 0 aliphatic heterocycles. The van der Waals surface area contributed by atoms with Crippen LogP contribution in [-0.4, -0.2) is 33.7 Å². The smallest absolute Gasteiger partial charge is 0.241 e. The van der Waals surface area contributed by atoms with Crippen molar-refractivity contribution in [2.24, 2.45) is 0 Å². The highest BCUT2D eigenvalue weighted by Gasteiger charge is 2.23. The first-order valence-electron chi connectivity index (χ1n) is 9.34. The average molecular weight is 405 g/mol. The summed E-state index contributed by atoms with van der Waals surface area (Å²) in [5, 5.41) is 2.87. The first-order valence-corrected chi connectivity index (χ1v) is 11.2. The third kappa shape index (κ3) is 5.73. The van der Waals surface area contributed by atoms with Crippen LogP contribution in [0.5, 0.6) is 5.75 Å². The van der Waals surface area contributed by atoms with E-state index in [1.54, 1.807) is 12.1 Å². The van der Waals surface area contributed by atoms with Crippen molar-refractivity contribution >= 4 is 21.6 Å². The molecule has 152 valence electrons. The SMILES string of the molecule is CCOc1ccc(C(C)NC(=O)CN(c2ccccc2CC)S(C)(=O)=O)cc1. The van der Waals surface area contributed by atoms with Crippen molar-refractivity contribution in [2.45, 2.75) is 33.2 Å². The monoisotopic (exact) mass is 404 g/mol. The second kappa shape index (κ2) is 9.59. The summed E-state index contributed by atoms with van der Waals surface area (Å²) in [5.41, 5.74) is 2.33.